The molecule has 8 nitrogen and oxygen atoms in total. The molecule has 0 saturated heterocycles. The molecule has 8 heteroatoms. The van der Waals surface area contributed by atoms with Gasteiger partial charge in [-0.1, -0.05) is 0 Å². The molecule has 0 aromatic heterocycles. The standard InChI is InChI=1S/C10H14N2O6/c1-4(14)12-2-5(10(11)17)9-8(16)7(15)6(3-13)18-9/h2,8-9,13,15-16H,3H2,1H3,(H2,11,17)(H,12,14)/b5-2-/t8?,9-/m0/s1. The predicted octanol–water partition coefficient (Wildman–Crippen LogP) is -1.99. The molecule has 0 aromatic carbocycles. The summed E-state index contributed by atoms with van der Waals surface area (Å²) >= 11 is 0. The Bertz CT molecular complexity index is 428. The van der Waals surface area contributed by atoms with Crippen molar-refractivity contribution in [1.29, 1.82) is 0 Å². The zero-order chi connectivity index (χ0) is 13.9. The molecule has 1 aliphatic heterocycles. The molecule has 0 bridgehead atoms. The zero-order valence-electron chi connectivity index (χ0n) is 9.58. The number of carbonyl (C=O) groups is 2. The number of aliphatic hydroxyl groups excluding tert-OH is 3. The lowest BCUT2D eigenvalue weighted by Gasteiger charge is -2.16. The summed E-state index contributed by atoms with van der Waals surface area (Å²) in [7, 11) is 0. The first-order chi connectivity index (χ1) is 8.38. The summed E-state index contributed by atoms with van der Waals surface area (Å²) in [6.45, 7) is 0.585. The minimum absolute atomic E-state index is 0.229. The SMILES string of the molecule is CC(=O)N/C=C(\C(N)=O)[C@@H]1OC(CO)=C(O)C1O. The summed E-state index contributed by atoms with van der Waals surface area (Å²) in [5, 5.41) is 30.1. The van der Waals surface area contributed by atoms with E-state index in [1.165, 1.54) is 6.92 Å². The number of primary amides is 1. The molecule has 6 N–H and O–H groups in total. The number of rotatable bonds is 4. The summed E-state index contributed by atoms with van der Waals surface area (Å²) in [5.74, 6) is -2.19. The number of ether oxygens (including phenoxy) is 1. The highest BCUT2D eigenvalue weighted by molar-refractivity contribution is 5.94. The lowest BCUT2D eigenvalue weighted by Crippen LogP contribution is -2.34. The fourth-order valence-corrected chi connectivity index (χ4v) is 1.41. The fraction of sp³-hybridized carbons (Fsp3) is 0.400. The lowest BCUT2D eigenvalue weighted by molar-refractivity contribution is -0.118. The van der Waals surface area contributed by atoms with E-state index in [2.05, 4.69) is 5.32 Å². The highest BCUT2D eigenvalue weighted by Crippen LogP contribution is 2.27. The molecule has 0 fully saturated rings. The van der Waals surface area contributed by atoms with Crippen LogP contribution in [-0.2, 0) is 14.3 Å². The second-order valence-electron chi connectivity index (χ2n) is 3.61. The maximum atomic E-state index is 11.2. The van der Waals surface area contributed by atoms with E-state index in [0.717, 1.165) is 6.20 Å². The van der Waals surface area contributed by atoms with Crippen molar-refractivity contribution >= 4 is 11.8 Å². The Morgan fingerprint density at radius 2 is 2.17 bits per heavy atom. The van der Waals surface area contributed by atoms with Crippen molar-refractivity contribution in [2.75, 3.05) is 6.61 Å². The van der Waals surface area contributed by atoms with Gasteiger partial charge in [-0.3, -0.25) is 9.59 Å². The van der Waals surface area contributed by atoms with Crippen molar-refractivity contribution in [3.63, 3.8) is 0 Å². The van der Waals surface area contributed by atoms with Gasteiger partial charge < -0.3 is 31.1 Å². The van der Waals surface area contributed by atoms with Crippen molar-refractivity contribution in [3.05, 3.63) is 23.3 Å². The van der Waals surface area contributed by atoms with Gasteiger partial charge in [-0.25, -0.2) is 0 Å². The van der Waals surface area contributed by atoms with E-state index < -0.39 is 36.4 Å². The molecule has 0 saturated carbocycles. The third-order valence-electron chi connectivity index (χ3n) is 2.29. The molecule has 1 heterocycles. The quantitative estimate of drug-likeness (QED) is 0.370. The minimum Gasteiger partial charge on any atom is -0.506 e. The third-order valence-corrected chi connectivity index (χ3v) is 2.29. The van der Waals surface area contributed by atoms with Crippen molar-refractivity contribution < 1.29 is 29.6 Å². The van der Waals surface area contributed by atoms with Crippen LogP contribution in [0.2, 0.25) is 0 Å². The lowest BCUT2D eigenvalue weighted by atomic mass is 10.1. The Hall–Kier alpha value is -2.06. The van der Waals surface area contributed by atoms with E-state index >= 15 is 0 Å². The van der Waals surface area contributed by atoms with Crippen LogP contribution in [0.15, 0.2) is 23.3 Å². The smallest absolute Gasteiger partial charge is 0.249 e. The van der Waals surface area contributed by atoms with Gasteiger partial charge in [-0.15, -0.1) is 0 Å². The maximum absolute atomic E-state index is 11.2. The first kappa shape index (κ1) is 14.0. The highest BCUT2D eigenvalue weighted by Gasteiger charge is 2.39. The Morgan fingerprint density at radius 3 is 2.56 bits per heavy atom. The second kappa shape index (κ2) is 5.52. The maximum Gasteiger partial charge on any atom is 0.249 e. The molecule has 0 spiro atoms. The molecule has 1 aliphatic rings. The first-order valence-electron chi connectivity index (χ1n) is 5.03. The van der Waals surface area contributed by atoms with Gasteiger partial charge >= 0.3 is 0 Å². The normalized spacial score (nSPS) is 23.8. The average Bonchev–Trinajstić information content (AvgIpc) is 2.56. The predicted molar refractivity (Wildman–Crippen MR) is 58.7 cm³/mol. The zero-order valence-corrected chi connectivity index (χ0v) is 9.58. The van der Waals surface area contributed by atoms with Gasteiger partial charge in [0, 0.05) is 13.1 Å². The van der Waals surface area contributed by atoms with Crippen LogP contribution in [0.1, 0.15) is 6.92 Å². The van der Waals surface area contributed by atoms with Gasteiger partial charge in [0.15, 0.2) is 23.7 Å². The highest BCUT2D eigenvalue weighted by atomic mass is 16.5. The summed E-state index contributed by atoms with van der Waals surface area (Å²) < 4.78 is 5.00. The third kappa shape index (κ3) is 2.79. The van der Waals surface area contributed by atoms with Gasteiger partial charge in [0.1, 0.15) is 6.61 Å². The molecule has 1 rings (SSSR count). The molecule has 100 valence electrons. The van der Waals surface area contributed by atoms with E-state index in [9.17, 15) is 19.8 Å². The van der Waals surface area contributed by atoms with E-state index in [-0.39, 0.29) is 11.3 Å². The molecule has 0 radical (unpaired) electrons. The Morgan fingerprint density at radius 1 is 1.56 bits per heavy atom. The number of amides is 2. The van der Waals surface area contributed by atoms with Crippen LogP contribution in [0.25, 0.3) is 0 Å². The van der Waals surface area contributed by atoms with Crippen molar-refractivity contribution in [3.8, 4) is 0 Å². The summed E-state index contributed by atoms with van der Waals surface area (Å²) in [4.78, 5) is 21.9. The summed E-state index contributed by atoms with van der Waals surface area (Å²) in [6.07, 6.45) is -1.80. The van der Waals surface area contributed by atoms with Crippen molar-refractivity contribution in [2.45, 2.75) is 19.1 Å². The number of nitrogens with two attached hydrogens (primary N) is 1. The molecule has 2 amide bonds. The van der Waals surface area contributed by atoms with Crippen molar-refractivity contribution in [1.82, 2.24) is 5.32 Å². The second-order valence-corrected chi connectivity index (χ2v) is 3.61. The molecule has 2 atom stereocenters. The fourth-order valence-electron chi connectivity index (χ4n) is 1.41. The van der Waals surface area contributed by atoms with Crippen LogP contribution in [0.3, 0.4) is 0 Å². The number of hydrogen-bond acceptors (Lipinski definition) is 6. The Labute approximate surface area is 102 Å². The van der Waals surface area contributed by atoms with Crippen LogP contribution >= 0.6 is 0 Å². The number of aliphatic hydroxyl groups is 3. The van der Waals surface area contributed by atoms with E-state index in [1.54, 1.807) is 0 Å². The van der Waals surface area contributed by atoms with Crippen LogP contribution in [0, 0.1) is 0 Å². The van der Waals surface area contributed by atoms with Crippen LogP contribution < -0.4 is 11.1 Å². The van der Waals surface area contributed by atoms with Gasteiger partial charge in [-0.2, -0.15) is 0 Å². The van der Waals surface area contributed by atoms with Gasteiger partial charge in [0.2, 0.25) is 11.8 Å². The van der Waals surface area contributed by atoms with Crippen LogP contribution in [-0.4, -0.2) is 45.9 Å². The van der Waals surface area contributed by atoms with E-state index in [1.807, 2.05) is 0 Å². The van der Waals surface area contributed by atoms with Crippen LogP contribution in [0.4, 0.5) is 0 Å². The average molecular weight is 258 g/mol. The largest absolute Gasteiger partial charge is 0.506 e. The van der Waals surface area contributed by atoms with Gasteiger partial charge in [0.05, 0.1) is 5.57 Å². The van der Waals surface area contributed by atoms with E-state index in [0.29, 0.717) is 0 Å². The first-order valence-corrected chi connectivity index (χ1v) is 5.03. The number of nitrogens with one attached hydrogen (secondary N) is 1. The molecule has 0 aromatic rings. The molecular weight excluding hydrogens is 244 g/mol. The van der Waals surface area contributed by atoms with Crippen LogP contribution in [0.5, 0.6) is 0 Å². The molecule has 0 aliphatic carbocycles. The molecule has 1 unspecified atom stereocenters. The Balaban J connectivity index is 2.95. The minimum atomic E-state index is -1.53. The van der Waals surface area contributed by atoms with Gasteiger partial charge in [0.25, 0.3) is 0 Å². The monoisotopic (exact) mass is 258 g/mol. The molecular formula is C10H14N2O6. The van der Waals surface area contributed by atoms with Gasteiger partial charge in [-0.05, 0) is 0 Å². The summed E-state index contributed by atoms with van der Waals surface area (Å²) in [5.41, 5.74) is 4.86. The number of hydrogen-bond donors (Lipinski definition) is 5. The summed E-state index contributed by atoms with van der Waals surface area (Å²) in [6, 6.07) is 0. The Kier molecular flexibility index (Phi) is 4.29. The molecule has 18 heavy (non-hydrogen) atoms. The van der Waals surface area contributed by atoms with Crippen molar-refractivity contribution in [2.24, 2.45) is 5.73 Å². The topological polar surface area (TPSA) is 142 Å². The number of carbonyl (C=O) groups excluding carboxylic acids is 2. The van der Waals surface area contributed by atoms with E-state index in [4.69, 9.17) is 15.6 Å².